The fraction of sp³-hybridized carbons (Fsp3) is 0.571. The first-order chi connectivity index (χ1) is 8.29. The Labute approximate surface area is 103 Å². The second-order valence-electron chi connectivity index (χ2n) is 4.70. The van der Waals surface area contributed by atoms with Gasteiger partial charge >= 0.3 is 0 Å². The summed E-state index contributed by atoms with van der Waals surface area (Å²) in [5.41, 5.74) is 7.67. The molecule has 2 N–H and O–H groups in total. The summed E-state index contributed by atoms with van der Waals surface area (Å²) >= 11 is 0. The monoisotopic (exact) mass is 235 g/mol. The fourth-order valence-electron chi connectivity index (χ4n) is 2.72. The molecule has 2 rings (SSSR count). The van der Waals surface area contributed by atoms with Gasteiger partial charge in [-0.2, -0.15) is 0 Å². The van der Waals surface area contributed by atoms with Gasteiger partial charge in [0.05, 0.1) is 6.61 Å². The number of hydrogen-bond acceptors (Lipinski definition) is 3. The van der Waals surface area contributed by atoms with E-state index in [9.17, 15) is 0 Å². The lowest BCUT2D eigenvalue weighted by atomic mass is 9.69. The Kier molecular flexibility index (Phi) is 4.15. The lowest BCUT2D eigenvalue weighted by Gasteiger charge is -2.42. The summed E-state index contributed by atoms with van der Waals surface area (Å²) in [7, 11) is 1.71. The highest BCUT2D eigenvalue weighted by Crippen LogP contribution is 2.37. The van der Waals surface area contributed by atoms with Crippen LogP contribution < -0.4 is 5.73 Å². The van der Waals surface area contributed by atoms with E-state index in [0.29, 0.717) is 6.61 Å². The number of methoxy groups -OCH3 is 1. The van der Waals surface area contributed by atoms with Crippen molar-refractivity contribution in [3.05, 3.63) is 35.9 Å². The van der Waals surface area contributed by atoms with Crippen LogP contribution in [0, 0.1) is 0 Å². The number of hydrogen-bond donors (Lipinski definition) is 1. The molecule has 1 aliphatic rings. The normalized spacial score (nSPS) is 21.1. The zero-order valence-electron chi connectivity index (χ0n) is 10.4. The molecule has 3 nitrogen and oxygen atoms in total. The summed E-state index contributed by atoms with van der Waals surface area (Å²) in [6.07, 6.45) is 1.95. The molecule has 1 unspecified atom stereocenters. The minimum absolute atomic E-state index is 0.00944. The zero-order valence-corrected chi connectivity index (χ0v) is 10.4. The lowest BCUT2D eigenvalue weighted by molar-refractivity contribution is 0.0257. The summed E-state index contributed by atoms with van der Waals surface area (Å²) in [4.78, 5) is 0. The summed E-state index contributed by atoms with van der Waals surface area (Å²) < 4.78 is 10.7. The predicted octanol–water partition coefficient (Wildman–Crippen LogP) is 1.71. The van der Waals surface area contributed by atoms with Gasteiger partial charge in [0.1, 0.15) is 0 Å². The molecule has 1 aromatic carbocycles. The van der Waals surface area contributed by atoms with Gasteiger partial charge < -0.3 is 15.2 Å². The van der Waals surface area contributed by atoms with Crippen molar-refractivity contribution in [2.75, 3.05) is 26.9 Å². The molecule has 1 aromatic rings. The molecule has 1 fully saturated rings. The van der Waals surface area contributed by atoms with Gasteiger partial charge in [-0.15, -0.1) is 0 Å². The lowest BCUT2D eigenvalue weighted by Crippen LogP contribution is -2.51. The first kappa shape index (κ1) is 12.6. The summed E-state index contributed by atoms with van der Waals surface area (Å²) in [5, 5.41) is 0. The molecule has 3 heteroatoms. The fourth-order valence-corrected chi connectivity index (χ4v) is 2.72. The van der Waals surface area contributed by atoms with Gasteiger partial charge in [0, 0.05) is 31.8 Å². The number of benzene rings is 1. The first-order valence-corrected chi connectivity index (χ1v) is 6.17. The smallest absolute Gasteiger partial charge is 0.0622 e. The van der Waals surface area contributed by atoms with Crippen LogP contribution in [0.1, 0.15) is 18.4 Å². The van der Waals surface area contributed by atoms with Gasteiger partial charge in [-0.05, 0) is 18.4 Å². The minimum Gasteiger partial charge on any atom is -0.383 e. The molecule has 0 spiro atoms. The Bertz CT molecular complexity index is 333. The van der Waals surface area contributed by atoms with E-state index in [-0.39, 0.29) is 11.5 Å². The van der Waals surface area contributed by atoms with Crippen LogP contribution in [-0.2, 0) is 14.9 Å². The van der Waals surface area contributed by atoms with Crippen molar-refractivity contribution in [1.82, 2.24) is 0 Å². The molecule has 1 heterocycles. The van der Waals surface area contributed by atoms with Crippen LogP contribution in [0.15, 0.2) is 30.3 Å². The Hall–Kier alpha value is -0.900. The maximum absolute atomic E-state index is 6.35. The largest absolute Gasteiger partial charge is 0.383 e. The molecular weight excluding hydrogens is 214 g/mol. The van der Waals surface area contributed by atoms with Gasteiger partial charge in [-0.25, -0.2) is 0 Å². The second-order valence-corrected chi connectivity index (χ2v) is 4.70. The van der Waals surface area contributed by atoms with Crippen LogP contribution in [-0.4, -0.2) is 33.0 Å². The highest BCUT2D eigenvalue weighted by atomic mass is 16.5. The second kappa shape index (κ2) is 5.63. The summed E-state index contributed by atoms with van der Waals surface area (Å²) in [6.45, 7) is 2.16. The maximum Gasteiger partial charge on any atom is 0.0622 e. The topological polar surface area (TPSA) is 44.5 Å². The van der Waals surface area contributed by atoms with Crippen LogP contribution in [0.2, 0.25) is 0 Å². The van der Waals surface area contributed by atoms with Crippen LogP contribution in [0.5, 0.6) is 0 Å². The molecule has 94 valence electrons. The van der Waals surface area contributed by atoms with E-state index in [4.69, 9.17) is 15.2 Å². The molecule has 17 heavy (non-hydrogen) atoms. The molecule has 0 aromatic heterocycles. The number of rotatable bonds is 4. The standard InChI is InChI=1S/C14H21NO2/c1-16-11-13(15)14(7-9-17-10-8-14)12-5-3-2-4-6-12/h2-6,13H,7-11,15H2,1H3. The third kappa shape index (κ3) is 2.51. The Balaban J connectivity index is 2.29. The summed E-state index contributed by atoms with van der Waals surface area (Å²) in [5.74, 6) is 0. The third-order valence-electron chi connectivity index (χ3n) is 3.79. The van der Waals surface area contributed by atoms with E-state index in [1.165, 1.54) is 5.56 Å². The van der Waals surface area contributed by atoms with Gasteiger partial charge in [0.2, 0.25) is 0 Å². The zero-order chi connectivity index (χ0) is 12.1. The van der Waals surface area contributed by atoms with E-state index in [2.05, 4.69) is 24.3 Å². The van der Waals surface area contributed by atoms with E-state index in [0.717, 1.165) is 26.1 Å². The Morgan fingerprint density at radius 3 is 2.53 bits per heavy atom. The van der Waals surface area contributed by atoms with Gasteiger partial charge in [-0.1, -0.05) is 30.3 Å². The SMILES string of the molecule is COCC(N)C1(c2ccccc2)CCOCC1. The van der Waals surface area contributed by atoms with Crippen molar-refractivity contribution >= 4 is 0 Å². The Morgan fingerprint density at radius 2 is 1.94 bits per heavy atom. The minimum atomic E-state index is 0.00944. The maximum atomic E-state index is 6.35. The third-order valence-corrected chi connectivity index (χ3v) is 3.79. The highest BCUT2D eigenvalue weighted by Gasteiger charge is 2.39. The van der Waals surface area contributed by atoms with Gasteiger partial charge in [0.15, 0.2) is 0 Å². The quantitative estimate of drug-likeness (QED) is 0.864. The van der Waals surface area contributed by atoms with E-state index >= 15 is 0 Å². The number of ether oxygens (including phenoxy) is 2. The van der Waals surface area contributed by atoms with Crippen molar-refractivity contribution in [3.63, 3.8) is 0 Å². The molecule has 1 saturated heterocycles. The molecule has 1 atom stereocenters. The molecular formula is C14H21NO2. The predicted molar refractivity (Wildman–Crippen MR) is 68.0 cm³/mol. The number of nitrogens with two attached hydrogens (primary N) is 1. The Morgan fingerprint density at radius 1 is 1.29 bits per heavy atom. The van der Waals surface area contributed by atoms with Crippen molar-refractivity contribution in [2.24, 2.45) is 5.73 Å². The van der Waals surface area contributed by atoms with E-state index in [1.54, 1.807) is 7.11 Å². The van der Waals surface area contributed by atoms with E-state index < -0.39 is 0 Å². The molecule has 0 amide bonds. The van der Waals surface area contributed by atoms with Crippen molar-refractivity contribution in [3.8, 4) is 0 Å². The van der Waals surface area contributed by atoms with Crippen LogP contribution in [0.4, 0.5) is 0 Å². The molecule has 0 radical (unpaired) electrons. The molecule has 0 saturated carbocycles. The van der Waals surface area contributed by atoms with Gasteiger partial charge in [0.25, 0.3) is 0 Å². The highest BCUT2D eigenvalue weighted by molar-refractivity contribution is 5.28. The molecule has 0 aliphatic carbocycles. The summed E-state index contributed by atoms with van der Waals surface area (Å²) in [6, 6.07) is 10.6. The van der Waals surface area contributed by atoms with E-state index in [1.807, 2.05) is 6.07 Å². The molecule has 1 aliphatic heterocycles. The van der Waals surface area contributed by atoms with Crippen molar-refractivity contribution in [2.45, 2.75) is 24.3 Å². The average Bonchev–Trinajstić information content (AvgIpc) is 2.41. The molecule has 0 bridgehead atoms. The van der Waals surface area contributed by atoms with Crippen molar-refractivity contribution in [1.29, 1.82) is 0 Å². The van der Waals surface area contributed by atoms with Crippen LogP contribution in [0.25, 0.3) is 0 Å². The van der Waals surface area contributed by atoms with Crippen molar-refractivity contribution < 1.29 is 9.47 Å². The van der Waals surface area contributed by atoms with Crippen LogP contribution in [0.3, 0.4) is 0 Å². The van der Waals surface area contributed by atoms with Crippen LogP contribution >= 0.6 is 0 Å². The van der Waals surface area contributed by atoms with Gasteiger partial charge in [-0.3, -0.25) is 0 Å². The first-order valence-electron chi connectivity index (χ1n) is 6.17. The average molecular weight is 235 g/mol.